The number of carbonyl (C=O) groups is 1. The summed E-state index contributed by atoms with van der Waals surface area (Å²) < 4.78 is 0. The molecule has 4 saturated carbocycles. The molecule has 0 aliphatic heterocycles. The molecule has 0 radical (unpaired) electrons. The van der Waals surface area contributed by atoms with Crippen LogP contribution in [0, 0.1) is 39.9 Å². The minimum absolute atomic E-state index is 0.00919. The van der Waals surface area contributed by atoms with Crippen molar-refractivity contribution in [3.05, 3.63) is 0 Å². The van der Waals surface area contributed by atoms with Gasteiger partial charge in [-0.3, -0.25) is 4.79 Å². The first-order valence-electron chi connectivity index (χ1n) is 9.65. The summed E-state index contributed by atoms with van der Waals surface area (Å²) in [6, 6.07) is 0. The van der Waals surface area contributed by atoms with Crippen molar-refractivity contribution in [2.75, 3.05) is 0 Å². The first-order chi connectivity index (χ1) is 11.1. The molecule has 136 valence electrons. The molecular formula is C20H32O4. The van der Waals surface area contributed by atoms with Crippen molar-refractivity contribution in [1.82, 2.24) is 0 Å². The minimum Gasteiger partial charge on any atom is -0.393 e. The Bertz CT molecular complexity index is 572. The van der Waals surface area contributed by atoms with Crippen LogP contribution in [0.2, 0.25) is 0 Å². The van der Waals surface area contributed by atoms with E-state index in [1.165, 1.54) is 0 Å². The lowest BCUT2D eigenvalue weighted by Crippen LogP contribution is -2.68. The number of aliphatic hydroxyl groups excluding tert-OH is 3. The summed E-state index contributed by atoms with van der Waals surface area (Å²) in [5.74, 6) is 0.141. The molecule has 24 heavy (non-hydrogen) atoms. The van der Waals surface area contributed by atoms with Crippen LogP contribution in [0.5, 0.6) is 0 Å². The third-order valence-electron chi connectivity index (χ3n) is 8.73. The van der Waals surface area contributed by atoms with Gasteiger partial charge >= 0.3 is 0 Å². The molecule has 4 nitrogen and oxygen atoms in total. The highest BCUT2D eigenvalue weighted by Crippen LogP contribution is 2.71. The van der Waals surface area contributed by atoms with Gasteiger partial charge in [0.15, 0.2) is 0 Å². The lowest BCUT2D eigenvalue weighted by molar-refractivity contribution is -0.236. The molecule has 0 aromatic rings. The summed E-state index contributed by atoms with van der Waals surface area (Å²) in [5.41, 5.74) is -1.27. The molecule has 0 aromatic heterocycles. The Morgan fingerprint density at radius 3 is 2.33 bits per heavy atom. The second kappa shape index (κ2) is 4.83. The fourth-order valence-electron chi connectivity index (χ4n) is 7.97. The van der Waals surface area contributed by atoms with Gasteiger partial charge in [-0.05, 0) is 60.7 Å². The Morgan fingerprint density at radius 2 is 1.67 bits per heavy atom. The lowest BCUT2D eigenvalue weighted by atomic mass is 9.39. The molecule has 9 atom stereocenters. The number of hydrogen-bond acceptors (Lipinski definition) is 4. The van der Waals surface area contributed by atoms with Crippen molar-refractivity contribution >= 4 is 5.78 Å². The van der Waals surface area contributed by atoms with Crippen LogP contribution >= 0.6 is 0 Å². The Morgan fingerprint density at radius 1 is 1.00 bits per heavy atom. The van der Waals surface area contributed by atoms with Gasteiger partial charge in [0.05, 0.1) is 23.7 Å². The summed E-state index contributed by atoms with van der Waals surface area (Å²) in [4.78, 5) is 13.2. The molecule has 0 heterocycles. The lowest BCUT2D eigenvalue weighted by Gasteiger charge is -2.65. The van der Waals surface area contributed by atoms with E-state index in [-0.39, 0.29) is 46.4 Å². The normalized spacial score (nSPS) is 59.0. The van der Waals surface area contributed by atoms with Crippen molar-refractivity contribution in [3.8, 4) is 0 Å². The predicted octanol–water partition coefficient (Wildman–Crippen LogP) is 2.15. The van der Waals surface area contributed by atoms with Crippen molar-refractivity contribution in [1.29, 1.82) is 0 Å². The van der Waals surface area contributed by atoms with Crippen LogP contribution in [0.25, 0.3) is 0 Å². The molecule has 1 spiro atoms. The Balaban J connectivity index is 1.87. The topological polar surface area (TPSA) is 77.8 Å². The second-order valence-electron chi connectivity index (χ2n) is 10.2. The number of Topliss-reactive ketones (excluding diaryl/α,β-unsaturated/α-hetero) is 1. The zero-order chi connectivity index (χ0) is 17.7. The molecule has 0 saturated heterocycles. The molecule has 3 N–H and O–H groups in total. The molecule has 0 aromatic carbocycles. The summed E-state index contributed by atoms with van der Waals surface area (Å²) in [5, 5.41) is 32.8. The van der Waals surface area contributed by atoms with E-state index in [1.807, 2.05) is 6.92 Å². The maximum Gasteiger partial charge on any atom is 0.147 e. The van der Waals surface area contributed by atoms with Crippen LogP contribution in [0.4, 0.5) is 0 Å². The van der Waals surface area contributed by atoms with Gasteiger partial charge in [0, 0.05) is 5.92 Å². The number of ketones is 1. The maximum atomic E-state index is 13.2. The summed E-state index contributed by atoms with van der Waals surface area (Å²) >= 11 is 0. The fourth-order valence-corrected chi connectivity index (χ4v) is 7.97. The molecule has 0 unspecified atom stereocenters. The van der Waals surface area contributed by atoms with Gasteiger partial charge in [-0.1, -0.05) is 27.7 Å². The SMILES string of the molecule is C[C@H]1C(=O)[C@]23[C@H](O)C[C@@H]4C(C)(C)C[C@@H](O)C[C@@]4(C)[C@@H]2CC[C@@H]1[C@H]3O. The van der Waals surface area contributed by atoms with Crippen LogP contribution in [0.3, 0.4) is 0 Å². The maximum absolute atomic E-state index is 13.2. The van der Waals surface area contributed by atoms with Crippen molar-refractivity contribution in [2.45, 2.75) is 78.1 Å². The number of fused-ring (bicyclic) bond motifs is 3. The third kappa shape index (κ3) is 1.73. The molecular weight excluding hydrogens is 304 g/mol. The van der Waals surface area contributed by atoms with Gasteiger partial charge in [-0.2, -0.15) is 0 Å². The molecule has 2 bridgehead atoms. The van der Waals surface area contributed by atoms with E-state index in [4.69, 9.17) is 0 Å². The first kappa shape index (κ1) is 17.0. The number of rotatable bonds is 0. The van der Waals surface area contributed by atoms with Crippen LogP contribution in [-0.4, -0.2) is 39.4 Å². The first-order valence-corrected chi connectivity index (χ1v) is 9.65. The number of carbonyl (C=O) groups excluding carboxylic acids is 1. The largest absolute Gasteiger partial charge is 0.393 e. The van der Waals surface area contributed by atoms with Crippen LogP contribution in [-0.2, 0) is 4.79 Å². The van der Waals surface area contributed by atoms with E-state index in [1.54, 1.807) is 0 Å². The standard InChI is InChI=1S/C20H32O4/c1-10-12-5-6-13-19(4)9-11(21)8-18(2,3)14(19)7-15(22)20(13,16(10)23)17(12)24/h10-15,17,21-22,24H,5-9H2,1-4H3/t10-,11-,12+,13+,14-,15-,17-,19+,20-/m1/s1. The molecule has 4 aliphatic rings. The molecule has 4 heteroatoms. The van der Waals surface area contributed by atoms with Gasteiger partial charge < -0.3 is 15.3 Å². The zero-order valence-corrected chi connectivity index (χ0v) is 15.3. The van der Waals surface area contributed by atoms with Crippen LogP contribution < -0.4 is 0 Å². The minimum atomic E-state index is -0.999. The van der Waals surface area contributed by atoms with Crippen LogP contribution in [0.15, 0.2) is 0 Å². The van der Waals surface area contributed by atoms with E-state index < -0.39 is 17.6 Å². The highest BCUT2D eigenvalue weighted by Gasteiger charge is 2.74. The van der Waals surface area contributed by atoms with Crippen molar-refractivity contribution in [2.24, 2.45) is 39.9 Å². The highest BCUT2D eigenvalue weighted by molar-refractivity contribution is 5.92. The number of hydrogen-bond donors (Lipinski definition) is 3. The van der Waals surface area contributed by atoms with Crippen molar-refractivity contribution < 1.29 is 20.1 Å². The van der Waals surface area contributed by atoms with E-state index >= 15 is 0 Å². The highest BCUT2D eigenvalue weighted by atomic mass is 16.3. The van der Waals surface area contributed by atoms with Gasteiger partial charge in [0.2, 0.25) is 0 Å². The quantitative estimate of drug-likeness (QED) is 0.633. The van der Waals surface area contributed by atoms with Gasteiger partial charge in [-0.25, -0.2) is 0 Å². The summed E-state index contributed by atoms with van der Waals surface area (Å²) in [7, 11) is 0. The van der Waals surface area contributed by atoms with E-state index in [9.17, 15) is 20.1 Å². The van der Waals surface area contributed by atoms with E-state index in [2.05, 4.69) is 20.8 Å². The van der Waals surface area contributed by atoms with E-state index in [0.717, 1.165) is 19.3 Å². The average molecular weight is 336 g/mol. The Labute approximate surface area is 144 Å². The molecule has 4 fully saturated rings. The van der Waals surface area contributed by atoms with Crippen LogP contribution in [0.1, 0.15) is 59.8 Å². The Kier molecular flexibility index (Phi) is 3.42. The molecule has 4 aliphatic carbocycles. The fraction of sp³-hybridized carbons (Fsp3) is 0.950. The predicted molar refractivity (Wildman–Crippen MR) is 90.1 cm³/mol. The molecule has 0 amide bonds. The molecule has 4 rings (SSSR count). The second-order valence-corrected chi connectivity index (χ2v) is 10.2. The Hall–Kier alpha value is -0.450. The average Bonchev–Trinajstić information content (AvgIpc) is 2.58. The smallest absolute Gasteiger partial charge is 0.147 e. The summed E-state index contributed by atoms with van der Waals surface area (Å²) in [6.45, 7) is 8.51. The van der Waals surface area contributed by atoms with Gasteiger partial charge in [0.25, 0.3) is 0 Å². The van der Waals surface area contributed by atoms with E-state index in [0.29, 0.717) is 12.8 Å². The third-order valence-corrected chi connectivity index (χ3v) is 8.73. The monoisotopic (exact) mass is 336 g/mol. The summed E-state index contributed by atoms with van der Waals surface area (Å²) in [6.07, 6.45) is 1.87. The van der Waals surface area contributed by atoms with Gasteiger partial charge in [0.1, 0.15) is 5.78 Å². The van der Waals surface area contributed by atoms with Gasteiger partial charge in [-0.15, -0.1) is 0 Å². The number of aliphatic hydroxyl groups is 3. The van der Waals surface area contributed by atoms with Crippen molar-refractivity contribution in [3.63, 3.8) is 0 Å². The zero-order valence-electron chi connectivity index (χ0n) is 15.3.